The fourth-order valence-corrected chi connectivity index (χ4v) is 2.74. The molecule has 2 heterocycles. The Kier molecular flexibility index (Phi) is 5.73. The number of rotatable bonds is 6. The van der Waals surface area contributed by atoms with Gasteiger partial charge in [-0.2, -0.15) is 0 Å². The summed E-state index contributed by atoms with van der Waals surface area (Å²) in [6.45, 7) is 2.91. The number of piperazine rings is 1. The summed E-state index contributed by atoms with van der Waals surface area (Å²) in [5, 5.41) is 2.74. The van der Waals surface area contributed by atoms with E-state index in [9.17, 15) is 14.0 Å². The summed E-state index contributed by atoms with van der Waals surface area (Å²) in [5.74, 6) is -0.0266. The van der Waals surface area contributed by atoms with E-state index in [0.29, 0.717) is 56.2 Å². The van der Waals surface area contributed by atoms with Gasteiger partial charge in [0.25, 0.3) is 5.91 Å². The Labute approximate surface area is 150 Å². The predicted molar refractivity (Wildman–Crippen MR) is 94.3 cm³/mol. The summed E-state index contributed by atoms with van der Waals surface area (Å²) in [4.78, 5) is 35.0. The van der Waals surface area contributed by atoms with Crippen LogP contribution in [-0.4, -0.2) is 59.9 Å². The first-order chi connectivity index (χ1) is 12.7. The van der Waals surface area contributed by atoms with E-state index in [-0.39, 0.29) is 11.7 Å². The lowest BCUT2D eigenvalue weighted by Crippen LogP contribution is -2.46. The average Bonchev–Trinajstić information content (AvgIpc) is 2.69. The number of carbonyl (C=O) groups excluding carboxylic acids is 2. The van der Waals surface area contributed by atoms with Crippen LogP contribution in [0, 0.1) is 5.82 Å². The Balaban J connectivity index is 1.51. The third-order valence-corrected chi connectivity index (χ3v) is 4.28. The Morgan fingerprint density at radius 3 is 2.50 bits per heavy atom. The van der Waals surface area contributed by atoms with Crippen LogP contribution in [0.3, 0.4) is 0 Å². The van der Waals surface area contributed by atoms with E-state index in [1.54, 1.807) is 23.1 Å². The van der Waals surface area contributed by atoms with Crippen molar-refractivity contribution in [1.82, 2.24) is 20.2 Å². The van der Waals surface area contributed by atoms with Gasteiger partial charge in [0.1, 0.15) is 5.82 Å². The van der Waals surface area contributed by atoms with Crippen molar-refractivity contribution in [2.24, 2.45) is 0 Å². The van der Waals surface area contributed by atoms with E-state index in [0.717, 1.165) is 6.41 Å². The number of carbonyl (C=O) groups is 2. The zero-order valence-electron chi connectivity index (χ0n) is 14.3. The van der Waals surface area contributed by atoms with Gasteiger partial charge in [-0.25, -0.2) is 14.4 Å². The minimum absolute atomic E-state index is 0.274. The second-order valence-electron chi connectivity index (χ2n) is 6.00. The lowest BCUT2D eigenvalue weighted by atomic mass is 10.1. The standard InChI is InChI=1S/C18H20FN5O2/c19-16-4-2-1-3-14(16)5-6-20-17(26)15-11-21-18(22-12-15)24-9-7-23(13-25)8-10-24/h1-4,11-13H,5-10H2,(H,20,26). The highest BCUT2D eigenvalue weighted by Gasteiger charge is 2.18. The molecule has 8 heteroatoms. The Morgan fingerprint density at radius 1 is 1.15 bits per heavy atom. The van der Waals surface area contributed by atoms with Gasteiger partial charge in [-0.15, -0.1) is 0 Å². The van der Waals surface area contributed by atoms with Crippen molar-refractivity contribution in [2.45, 2.75) is 6.42 Å². The van der Waals surface area contributed by atoms with Crippen LogP contribution in [0.1, 0.15) is 15.9 Å². The molecule has 1 aliphatic heterocycles. The molecule has 0 radical (unpaired) electrons. The Hall–Kier alpha value is -3.03. The fraction of sp³-hybridized carbons (Fsp3) is 0.333. The number of hydrogen-bond acceptors (Lipinski definition) is 5. The molecule has 2 aromatic rings. The van der Waals surface area contributed by atoms with E-state index in [2.05, 4.69) is 15.3 Å². The monoisotopic (exact) mass is 357 g/mol. The molecule has 0 atom stereocenters. The van der Waals surface area contributed by atoms with E-state index < -0.39 is 0 Å². The van der Waals surface area contributed by atoms with Gasteiger partial charge >= 0.3 is 0 Å². The summed E-state index contributed by atoms with van der Waals surface area (Å²) in [6, 6.07) is 6.50. The molecule has 0 unspecified atom stereocenters. The highest BCUT2D eigenvalue weighted by molar-refractivity contribution is 5.93. The van der Waals surface area contributed by atoms with Crippen LogP contribution in [0.15, 0.2) is 36.7 Å². The fourth-order valence-electron chi connectivity index (χ4n) is 2.74. The summed E-state index contributed by atoms with van der Waals surface area (Å²) in [7, 11) is 0. The van der Waals surface area contributed by atoms with Crippen LogP contribution in [0.25, 0.3) is 0 Å². The topological polar surface area (TPSA) is 78.4 Å². The number of anilines is 1. The molecule has 1 aliphatic rings. The maximum Gasteiger partial charge on any atom is 0.254 e. The number of nitrogens with zero attached hydrogens (tertiary/aromatic N) is 4. The van der Waals surface area contributed by atoms with Gasteiger partial charge in [0, 0.05) is 45.1 Å². The predicted octanol–water partition coefficient (Wildman–Crippen LogP) is 0.867. The van der Waals surface area contributed by atoms with E-state index in [4.69, 9.17) is 0 Å². The van der Waals surface area contributed by atoms with Crippen molar-refractivity contribution >= 4 is 18.3 Å². The summed E-state index contributed by atoms with van der Waals surface area (Å²) >= 11 is 0. The molecule has 2 amide bonds. The highest BCUT2D eigenvalue weighted by atomic mass is 19.1. The van der Waals surface area contributed by atoms with Gasteiger partial charge in [0.2, 0.25) is 12.4 Å². The number of nitrogens with one attached hydrogen (secondary N) is 1. The molecular formula is C18H20FN5O2. The first kappa shape index (κ1) is 17.8. The number of aromatic nitrogens is 2. The van der Waals surface area contributed by atoms with Gasteiger partial charge in [-0.1, -0.05) is 18.2 Å². The van der Waals surface area contributed by atoms with Crippen LogP contribution < -0.4 is 10.2 Å². The van der Waals surface area contributed by atoms with Crippen molar-refractivity contribution in [3.63, 3.8) is 0 Å². The van der Waals surface area contributed by atoms with E-state index >= 15 is 0 Å². The third-order valence-electron chi connectivity index (χ3n) is 4.28. The molecule has 1 fully saturated rings. The molecule has 136 valence electrons. The van der Waals surface area contributed by atoms with Crippen LogP contribution in [0.4, 0.5) is 10.3 Å². The minimum atomic E-state index is -0.293. The maximum absolute atomic E-state index is 13.5. The molecule has 0 saturated carbocycles. The Morgan fingerprint density at radius 2 is 1.85 bits per heavy atom. The van der Waals surface area contributed by atoms with Gasteiger partial charge in [0.05, 0.1) is 5.56 Å². The maximum atomic E-state index is 13.5. The van der Waals surface area contributed by atoms with Crippen LogP contribution >= 0.6 is 0 Å². The van der Waals surface area contributed by atoms with Gasteiger partial charge < -0.3 is 15.1 Å². The van der Waals surface area contributed by atoms with E-state index in [1.165, 1.54) is 18.5 Å². The van der Waals surface area contributed by atoms with Crippen molar-refractivity contribution in [3.8, 4) is 0 Å². The highest BCUT2D eigenvalue weighted by Crippen LogP contribution is 2.10. The second-order valence-corrected chi connectivity index (χ2v) is 6.00. The summed E-state index contributed by atoms with van der Waals surface area (Å²) in [6.07, 6.45) is 4.21. The Bertz CT molecular complexity index is 760. The molecule has 0 aliphatic carbocycles. The molecule has 26 heavy (non-hydrogen) atoms. The molecule has 1 N–H and O–H groups in total. The smallest absolute Gasteiger partial charge is 0.254 e. The van der Waals surface area contributed by atoms with Crippen molar-refractivity contribution < 1.29 is 14.0 Å². The third kappa shape index (κ3) is 4.33. The quantitative estimate of drug-likeness (QED) is 0.776. The number of benzene rings is 1. The van der Waals surface area contributed by atoms with Crippen molar-refractivity contribution in [1.29, 1.82) is 0 Å². The summed E-state index contributed by atoms with van der Waals surface area (Å²) in [5.41, 5.74) is 0.919. The molecule has 1 aromatic heterocycles. The van der Waals surface area contributed by atoms with Crippen molar-refractivity contribution in [3.05, 3.63) is 53.6 Å². The molecule has 7 nitrogen and oxygen atoms in total. The van der Waals surface area contributed by atoms with Crippen LogP contribution in [-0.2, 0) is 11.2 Å². The average molecular weight is 357 g/mol. The molecule has 1 saturated heterocycles. The SMILES string of the molecule is O=CN1CCN(c2ncc(C(=O)NCCc3ccccc3F)cn2)CC1. The van der Waals surface area contributed by atoms with Crippen molar-refractivity contribution in [2.75, 3.05) is 37.6 Å². The molecule has 1 aromatic carbocycles. The molecular weight excluding hydrogens is 337 g/mol. The summed E-state index contributed by atoms with van der Waals surface area (Å²) < 4.78 is 13.5. The second kappa shape index (κ2) is 8.37. The first-order valence-corrected chi connectivity index (χ1v) is 8.45. The zero-order valence-corrected chi connectivity index (χ0v) is 14.3. The first-order valence-electron chi connectivity index (χ1n) is 8.45. The van der Waals surface area contributed by atoms with Gasteiger partial charge in [-0.05, 0) is 18.1 Å². The number of hydrogen-bond donors (Lipinski definition) is 1. The molecule has 0 spiro atoms. The van der Waals surface area contributed by atoms with E-state index in [1.807, 2.05) is 4.90 Å². The van der Waals surface area contributed by atoms with Gasteiger partial charge in [0.15, 0.2) is 0 Å². The van der Waals surface area contributed by atoms with Crippen LogP contribution in [0.5, 0.6) is 0 Å². The lowest BCUT2D eigenvalue weighted by molar-refractivity contribution is -0.118. The largest absolute Gasteiger partial charge is 0.352 e. The number of halogens is 1. The zero-order chi connectivity index (χ0) is 18.4. The van der Waals surface area contributed by atoms with Gasteiger partial charge in [-0.3, -0.25) is 9.59 Å². The molecule has 3 rings (SSSR count). The number of amides is 2. The minimum Gasteiger partial charge on any atom is -0.352 e. The molecule has 0 bridgehead atoms. The lowest BCUT2D eigenvalue weighted by Gasteiger charge is -2.32. The normalized spacial score (nSPS) is 14.2. The van der Waals surface area contributed by atoms with Crippen LogP contribution in [0.2, 0.25) is 0 Å².